The van der Waals surface area contributed by atoms with Crippen molar-refractivity contribution in [2.45, 2.75) is 24.8 Å². The molecule has 0 saturated heterocycles. The van der Waals surface area contributed by atoms with E-state index in [1.807, 2.05) is 0 Å². The lowest BCUT2D eigenvalue weighted by Crippen LogP contribution is -2.41. The molecule has 150 valence electrons. The quantitative estimate of drug-likeness (QED) is 0.681. The predicted molar refractivity (Wildman–Crippen MR) is 104 cm³/mol. The first kappa shape index (κ1) is 21.4. The number of anilines is 1. The van der Waals surface area contributed by atoms with Gasteiger partial charge in [-0.05, 0) is 49.7 Å². The zero-order chi connectivity index (χ0) is 20.9. The molecule has 0 aliphatic heterocycles. The minimum atomic E-state index is -3.93. The molecule has 0 aromatic heterocycles. The largest absolute Gasteiger partial charge is 0.496 e. The molecule has 1 unspecified atom stereocenters. The van der Waals surface area contributed by atoms with E-state index >= 15 is 0 Å². The number of carbonyl (C=O) groups is 2. The fourth-order valence-corrected chi connectivity index (χ4v) is 3.78. The number of sulfonamides is 1. The Hall–Kier alpha value is -2.91. The average Bonchev–Trinajstić information content (AvgIpc) is 2.67. The van der Waals surface area contributed by atoms with E-state index in [1.165, 1.54) is 45.4 Å². The molecule has 28 heavy (non-hydrogen) atoms. The van der Waals surface area contributed by atoms with Crippen LogP contribution in [-0.2, 0) is 19.6 Å². The molecule has 0 radical (unpaired) electrons. The second-order valence-electron chi connectivity index (χ2n) is 6.00. The Morgan fingerprint density at radius 3 is 2.36 bits per heavy atom. The molecule has 2 rings (SSSR count). The highest BCUT2D eigenvalue weighted by atomic mass is 32.2. The van der Waals surface area contributed by atoms with Crippen molar-refractivity contribution in [2.24, 2.45) is 0 Å². The van der Waals surface area contributed by atoms with Crippen molar-refractivity contribution in [2.75, 3.05) is 19.5 Å². The van der Waals surface area contributed by atoms with Crippen LogP contribution in [0.1, 0.15) is 22.8 Å². The molecule has 0 fully saturated rings. The Morgan fingerprint density at radius 1 is 1.07 bits per heavy atom. The maximum atomic E-state index is 12.6. The van der Waals surface area contributed by atoms with Gasteiger partial charge in [0.1, 0.15) is 5.75 Å². The fraction of sp³-hybridized carbons (Fsp3) is 0.263. The van der Waals surface area contributed by atoms with Crippen LogP contribution in [-0.4, -0.2) is 40.6 Å². The van der Waals surface area contributed by atoms with Gasteiger partial charge in [0.2, 0.25) is 15.9 Å². The van der Waals surface area contributed by atoms with Gasteiger partial charge in [-0.2, -0.15) is 4.72 Å². The molecule has 9 heteroatoms. The molecule has 1 amide bonds. The van der Waals surface area contributed by atoms with Crippen molar-refractivity contribution in [1.82, 2.24) is 4.72 Å². The number of benzene rings is 2. The zero-order valence-electron chi connectivity index (χ0n) is 16.0. The van der Waals surface area contributed by atoms with E-state index in [0.29, 0.717) is 11.3 Å². The number of hydrogen-bond acceptors (Lipinski definition) is 6. The molecule has 0 aliphatic rings. The van der Waals surface area contributed by atoms with Crippen LogP contribution in [0.4, 0.5) is 5.69 Å². The summed E-state index contributed by atoms with van der Waals surface area (Å²) in [6, 6.07) is 9.59. The molecule has 0 spiro atoms. The van der Waals surface area contributed by atoms with Crippen LogP contribution in [0.25, 0.3) is 0 Å². The Bertz CT molecular complexity index is 988. The Kier molecular flexibility index (Phi) is 6.76. The monoisotopic (exact) mass is 406 g/mol. The summed E-state index contributed by atoms with van der Waals surface area (Å²) >= 11 is 0. The molecule has 0 heterocycles. The highest BCUT2D eigenvalue weighted by Crippen LogP contribution is 2.21. The maximum Gasteiger partial charge on any atom is 0.339 e. The smallest absolute Gasteiger partial charge is 0.339 e. The third-order valence-corrected chi connectivity index (χ3v) is 5.53. The van der Waals surface area contributed by atoms with Crippen molar-refractivity contribution >= 4 is 27.6 Å². The van der Waals surface area contributed by atoms with Crippen molar-refractivity contribution in [1.29, 1.82) is 0 Å². The summed E-state index contributed by atoms with van der Waals surface area (Å²) in [7, 11) is -1.21. The number of hydrogen-bond donors (Lipinski definition) is 2. The average molecular weight is 406 g/mol. The summed E-state index contributed by atoms with van der Waals surface area (Å²) in [5, 5.41) is 2.54. The molecular weight excluding hydrogens is 384 g/mol. The van der Waals surface area contributed by atoms with E-state index < -0.39 is 27.9 Å². The minimum Gasteiger partial charge on any atom is -0.496 e. The van der Waals surface area contributed by atoms with E-state index in [4.69, 9.17) is 4.74 Å². The van der Waals surface area contributed by atoms with Gasteiger partial charge in [-0.25, -0.2) is 13.2 Å². The number of carbonyl (C=O) groups excluding carboxylic acids is 2. The van der Waals surface area contributed by atoms with Crippen molar-refractivity contribution < 1.29 is 27.5 Å². The summed E-state index contributed by atoms with van der Waals surface area (Å²) in [5.74, 6) is -0.674. The summed E-state index contributed by atoms with van der Waals surface area (Å²) in [6.07, 6.45) is 0. The van der Waals surface area contributed by atoms with Gasteiger partial charge in [-0.3, -0.25) is 4.79 Å². The topological polar surface area (TPSA) is 111 Å². The van der Waals surface area contributed by atoms with Crippen molar-refractivity contribution in [3.63, 3.8) is 0 Å². The van der Waals surface area contributed by atoms with Crippen LogP contribution >= 0.6 is 0 Å². The van der Waals surface area contributed by atoms with Gasteiger partial charge >= 0.3 is 5.97 Å². The Morgan fingerprint density at radius 2 is 1.75 bits per heavy atom. The lowest BCUT2D eigenvalue weighted by Gasteiger charge is -2.16. The molecule has 2 aromatic carbocycles. The van der Waals surface area contributed by atoms with Crippen molar-refractivity contribution in [3.8, 4) is 5.75 Å². The summed E-state index contributed by atoms with van der Waals surface area (Å²) in [4.78, 5) is 24.2. The molecule has 1 atom stereocenters. The number of esters is 1. The van der Waals surface area contributed by atoms with Crippen LogP contribution in [0.15, 0.2) is 47.4 Å². The first-order valence-electron chi connectivity index (χ1n) is 8.34. The first-order valence-corrected chi connectivity index (χ1v) is 9.83. The number of para-hydroxylation sites is 1. The number of ether oxygens (including phenoxy) is 2. The Labute approximate surface area is 163 Å². The van der Waals surface area contributed by atoms with Gasteiger partial charge < -0.3 is 14.8 Å². The number of nitrogens with one attached hydrogen (secondary N) is 2. The molecule has 0 aliphatic carbocycles. The van der Waals surface area contributed by atoms with E-state index in [1.54, 1.807) is 25.1 Å². The highest BCUT2D eigenvalue weighted by Gasteiger charge is 2.24. The van der Waals surface area contributed by atoms with Gasteiger partial charge in [0.25, 0.3) is 0 Å². The molecule has 2 aromatic rings. The van der Waals surface area contributed by atoms with Gasteiger partial charge in [-0.1, -0.05) is 12.1 Å². The molecule has 0 bridgehead atoms. The lowest BCUT2D eigenvalue weighted by atomic mass is 10.1. The minimum absolute atomic E-state index is 0.0143. The van der Waals surface area contributed by atoms with Crippen LogP contribution in [0.3, 0.4) is 0 Å². The molecule has 2 N–H and O–H groups in total. The van der Waals surface area contributed by atoms with Crippen LogP contribution in [0.5, 0.6) is 5.75 Å². The third-order valence-electron chi connectivity index (χ3n) is 3.99. The number of aryl methyl sites for hydroxylation is 1. The number of rotatable bonds is 7. The van der Waals surface area contributed by atoms with E-state index in [0.717, 1.165) is 0 Å². The molecular formula is C19H22N2O6S. The summed E-state index contributed by atoms with van der Waals surface area (Å²) < 4.78 is 37.3. The van der Waals surface area contributed by atoms with Crippen LogP contribution < -0.4 is 14.8 Å². The SMILES string of the molecule is COC(=O)c1ccccc1NC(=O)C(C)NS(=O)(=O)c1ccc(OC)c(C)c1. The second-order valence-corrected chi connectivity index (χ2v) is 7.71. The Balaban J connectivity index is 2.16. The van der Waals surface area contributed by atoms with Gasteiger partial charge in [0.05, 0.1) is 36.4 Å². The molecule has 0 saturated carbocycles. The standard InChI is InChI=1S/C19H22N2O6S/c1-12-11-14(9-10-17(12)26-3)28(24,25)21-13(2)18(22)20-16-8-6-5-7-15(16)19(23)27-4/h5-11,13,21H,1-4H3,(H,20,22). The van der Waals surface area contributed by atoms with E-state index in [-0.39, 0.29) is 16.1 Å². The maximum absolute atomic E-state index is 12.6. The van der Waals surface area contributed by atoms with Gasteiger partial charge in [-0.15, -0.1) is 0 Å². The number of amides is 1. The zero-order valence-corrected chi connectivity index (χ0v) is 16.8. The normalized spacial score (nSPS) is 12.1. The van der Waals surface area contributed by atoms with Crippen LogP contribution in [0, 0.1) is 6.92 Å². The summed E-state index contributed by atoms with van der Waals surface area (Å²) in [5.41, 5.74) is 1.04. The first-order chi connectivity index (χ1) is 13.2. The van der Waals surface area contributed by atoms with Crippen LogP contribution in [0.2, 0.25) is 0 Å². The fourth-order valence-electron chi connectivity index (χ4n) is 2.49. The predicted octanol–water partition coefficient (Wildman–Crippen LogP) is 2.10. The lowest BCUT2D eigenvalue weighted by molar-refractivity contribution is -0.117. The van der Waals surface area contributed by atoms with Gasteiger partial charge in [0.15, 0.2) is 0 Å². The summed E-state index contributed by atoms with van der Waals surface area (Å²) in [6.45, 7) is 3.13. The van der Waals surface area contributed by atoms with Gasteiger partial charge in [0, 0.05) is 0 Å². The van der Waals surface area contributed by atoms with Crippen molar-refractivity contribution in [3.05, 3.63) is 53.6 Å². The van der Waals surface area contributed by atoms with E-state index in [9.17, 15) is 18.0 Å². The third kappa shape index (κ3) is 4.87. The highest BCUT2D eigenvalue weighted by molar-refractivity contribution is 7.89. The van der Waals surface area contributed by atoms with E-state index in [2.05, 4.69) is 14.8 Å². The number of methoxy groups -OCH3 is 2. The second kappa shape index (κ2) is 8.85. The molecule has 8 nitrogen and oxygen atoms in total.